The van der Waals surface area contributed by atoms with Gasteiger partial charge in [-0.05, 0) is 45.4 Å². The van der Waals surface area contributed by atoms with Crippen molar-refractivity contribution in [2.24, 2.45) is 5.92 Å². The highest BCUT2D eigenvalue weighted by atomic mass is 32.1. The number of hydrogen-bond donors (Lipinski definition) is 6. The molecule has 0 radical (unpaired) electrons. The molecule has 0 spiro atoms. The number of nitrogens with two attached hydrogens (primary N) is 1. The average Bonchev–Trinajstić information content (AvgIpc) is 3.41. The first-order chi connectivity index (χ1) is 18.4. The van der Waals surface area contributed by atoms with Crippen LogP contribution in [0.15, 0.2) is 30.5 Å². The maximum atomic E-state index is 14.2. The second kappa shape index (κ2) is 10.2. The van der Waals surface area contributed by atoms with E-state index in [1.54, 1.807) is 33.0 Å². The fraction of sp³-hybridized carbons (Fsp3) is 0.385. The van der Waals surface area contributed by atoms with Gasteiger partial charge in [-0.25, -0.2) is 23.7 Å². The molecule has 1 saturated carbocycles. The van der Waals surface area contributed by atoms with Crippen LogP contribution in [0.2, 0.25) is 0 Å². The van der Waals surface area contributed by atoms with Crippen LogP contribution in [0.25, 0.3) is 20.8 Å². The normalized spacial score (nSPS) is 21.4. The first kappa shape index (κ1) is 27.1. The van der Waals surface area contributed by atoms with E-state index in [2.05, 4.69) is 30.6 Å². The van der Waals surface area contributed by atoms with Crippen LogP contribution in [0.5, 0.6) is 0 Å². The summed E-state index contributed by atoms with van der Waals surface area (Å²) in [7, 11) is 0. The first-order valence-corrected chi connectivity index (χ1v) is 13.2. The summed E-state index contributed by atoms with van der Waals surface area (Å²) in [5.41, 5.74) is 6.20. The largest absolute Gasteiger partial charge is 0.390 e. The van der Waals surface area contributed by atoms with E-state index in [0.29, 0.717) is 21.8 Å². The lowest BCUT2D eigenvalue weighted by atomic mass is 9.88. The van der Waals surface area contributed by atoms with Crippen molar-refractivity contribution in [3.63, 3.8) is 0 Å². The average molecular weight is 558 g/mol. The van der Waals surface area contributed by atoms with Gasteiger partial charge in [0.1, 0.15) is 34.1 Å². The molecule has 4 atom stereocenters. The molecule has 0 amide bonds. The Kier molecular flexibility index (Phi) is 7.10. The summed E-state index contributed by atoms with van der Waals surface area (Å²) in [5.74, 6) is -1.33. The molecule has 0 aliphatic heterocycles. The number of pyridine rings is 1. The van der Waals surface area contributed by atoms with Crippen molar-refractivity contribution < 1.29 is 24.1 Å². The number of anilines is 3. The number of nitrogen functional groups attached to an aromatic ring is 1. The number of thiazole rings is 1. The standard InChI is InChI=1S/C26H29F2N7O3S/c1-11-18(24-34-19-17(39-24)7-8-30-22(19)29)23(33-16-9-13(26(2,3)38)20(36)21(16)37)35-25(32-11)31-10-12-14(27)5-4-6-15(12)28/h4-8,13,16,20-21,36-38H,9-10H2,1-3H3,(H2,29,30)(H2,31,32,33,35)/t13-,16+,20+,21-/m0/s1. The van der Waals surface area contributed by atoms with Crippen LogP contribution in [0.1, 0.15) is 31.5 Å². The maximum Gasteiger partial charge on any atom is 0.225 e. The topological polar surface area (TPSA) is 162 Å². The van der Waals surface area contributed by atoms with Gasteiger partial charge in [0.15, 0.2) is 5.82 Å². The highest BCUT2D eigenvalue weighted by molar-refractivity contribution is 7.21. The minimum absolute atomic E-state index is 0.0933. The van der Waals surface area contributed by atoms with E-state index in [9.17, 15) is 24.1 Å². The quantitative estimate of drug-likeness (QED) is 0.199. The molecule has 3 aromatic heterocycles. The highest BCUT2D eigenvalue weighted by Crippen LogP contribution is 2.40. The number of aromatic nitrogens is 4. The third kappa shape index (κ3) is 5.22. The molecular weight excluding hydrogens is 528 g/mol. The minimum atomic E-state index is -1.23. The molecule has 0 saturated heterocycles. The van der Waals surface area contributed by atoms with E-state index in [0.717, 1.165) is 4.70 Å². The summed E-state index contributed by atoms with van der Waals surface area (Å²) in [6, 6.07) is 4.75. The number of aliphatic hydroxyl groups is 3. The van der Waals surface area contributed by atoms with Gasteiger partial charge < -0.3 is 31.7 Å². The zero-order valence-electron chi connectivity index (χ0n) is 21.5. The predicted octanol–water partition coefficient (Wildman–Crippen LogP) is 3.22. The Labute approximate surface area is 227 Å². The number of rotatable bonds is 7. The number of hydrogen-bond acceptors (Lipinski definition) is 11. The Morgan fingerprint density at radius 1 is 1.10 bits per heavy atom. The lowest BCUT2D eigenvalue weighted by Crippen LogP contribution is -2.40. The molecule has 5 rings (SSSR count). The molecule has 7 N–H and O–H groups in total. The molecule has 3 heterocycles. The molecule has 0 bridgehead atoms. The summed E-state index contributed by atoms with van der Waals surface area (Å²) in [4.78, 5) is 17.8. The number of benzene rings is 1. The van der Waals surface area contributed by atoms with Gasteiger partial charge in [0.25, 0.3) is 0 Å². The molecule has 39 heavy (non-hydrogen) atoms. The van der Waals surface area contributed by atoms with Gasteiger partial charge in [-0.3, -0.25) is 0 Å². The van der Waals surface area contributed by atoms with Crippen molar-refractivity contribution in [3.05, 3.63) is 53.4 Å². The fourth-order valence-electron chi connectivity index (χ4n) is 4.92. The molecule has 13 heteroatoms. The van der Waals surface area contributed by atoms with Crippen molar-refractivity contribution in [1.82, 2.24) is 19.9 Å². The molecule has 206 valence electrons. The molecule has 0 unspecified atom stereocenters. The summed E-state index contributed by atoms with van der Waals surface area (Å²) in [6.45, 7) is 4.70. The second-order valence-corrected chi connectivity index (χ2v) is 11.2. The number of nitrogens with one attached hydrogen (secondary N) is 2. The van der Waals surface area contributed by atoms with E-state index < -0.39 is 41.4 Å². The fourth-order valence-corrected chi connectivity index (χ4v) is 5.98. The Morgan fingerprint density at radius 2 is 1.82 bits per heavy atom. The van der Waals surface area contributed by atoms with Gasteiger partial charge in [0, 0.05) is 24.2 Å². The summed E-state index contributed by atoms with van der Waals surface area (Å²) in [5, 5.41) is 38.6. The highest BCUT2D eigenvalue weighted by Gasteiger charge is 2.48. The molecule has 1 aliphatic rings. The number of halogens is 2. The van der Waals surface area contributed by atoms with Crippen molar-refractivity contribution >= 4 is 39.1 Å². The number of aryl methyl sites for hydroxylation is 1. The zero-order valence-corrected chi connectivity index (χ0v) is 22.3. The van der Waals surface area contributed by atoms with E-state index >= 15 is 0 Å². The molecule has 1 aliphatic carbocycles. The molecule has 1 fully saturated rings. The number of nitrogens with zero attached hydrogens (tertiary/aromatic N) is 4. The van der Waals surface area contributed by atoms with Crippen LogP contribution in [0, 0.1) is 24.5 Å². The van der Waals surface area contributed by atoms with Crippen LogP contribution in [-0.2, 0) is 6.54 Å². The van der Waals surface area contributed by atoms with Crippen LogP contribution in [0.3, 0.4) is 0 Å². The third-order valence-electron chi connectivity index (χ3n) is 7.04. The van der Waals surface area contributed by atoms with Gasteiger partial charge in [0.05, 0.1) is 33.7 Å². The predicted molar refractivity (Wildman–Crippen MR) is 145 cm³/mol. The van der Waals surface area contributed by atoms with E-state index in [1.165, 1.54) is 29.5 Å². The zero-order chi connectivity index (χ0) is 28.1. The van der Waals surface area contributed by atoms with Crippen LogP contribution < -0.4 is 16.4 Å². The van der Waals surface area contributed by atoms with Crippen molar-refractivity contribution in [2.75, 3.05) is 16.4 Å². The van der Waals surface area contributed by atoms with Crippen molar-refractivity contribution in [3.8, 4) is 10.6 Å². The minimum Gasteiger partial charge on any atom is -0.390 e. The Hall–Kier alpha value is -3.52. The summed E-state index contributed by atoms with van der Waals surface area (Å²) >= 11 is 1.35. The van der Waals surface area contributed by atoms with Gasteiger partial charge >= 0.3 is 0 Å². The van der Waals surface area contributed by atoms with E-state index in [-0.39, 0.29) is 36.1 Å². The van der Waals surface area contributed by atoms with Crippen molar-refractivity contribution in [1.29, 1.82) is 0 Å². The Balaban J connectivity index is 1.54. The Morgan fingerprint density at radius 3 is 2.46 bits per heavy atom. The van der Waals surface area contributed by atoms with Crippen molar-refractivity contribution in [2.45, 2.75) is 57.6 Å². The van der Waals surface area contributed by atoms with Gasteiger partial charge in [0.2, 0.25) is 5.95 Å². The second-order valence-electron chi connectivity index (χ2n) is 10.2. The lowest BCUT2D eigenvalue weighted by molar-refractivity contribution is -0.0601. The summed E-state index contributed by atoms with van der Waals surface area (Å²) < 4.78 is 29.2. The molecule has 1 aromatic carbocycles. The van der Waals surface area contributed by atoms with E-state index in [4.69, 9.17) is 5.73 Å². The lowest BCUT2D eigenvalue weighted by Gasteiger charge is -2.28. The van der Waals surface area contributed by atoms with E-state index in [1.807, 2.05) is 0 Å². The monoisotopic (exact) mass is 557 g/mol. The molecule has 4 aromatic rings. The smallest absolute Gasteiger partial charge is 0.225 e. The van der Waals surface area contributed by atoms with Gasteiger partial charge in [-0.15, -0.1) is 11.3 Å². The third-order valence-corrected chi connectivity index (χ3v) is 8.07. The summed E-state index contributed by atoms with van der Waals surface area (Å²) in [6.07, 6.45) is -0.509. The van der Waals surface area contributed by atoms with Gasteiger partial charge in [-0.2, -0.15) is 4.98 Å². The maximum absolute atomic E-state index is 14.2. The van der Waals surface area contributed by atoms with Crippen LogP contribution in [0.4, 0.5) is 26.4 Å². The number of aliphatic hydroxyl groups excluding tert-OH is 2. The SMILES string of the molecule is Cc1nc(NCc2c(F)cccc2F)nc(N[C@@H]2C[C@H](C(C)(C)O)[C@@H](O)[C@H]2O)c1-c1nc2c(N)nccc2s1. The first-order valence-electron chi connectivity index (χ1n) is 12.4. The molecule has 10 nitrogen and oxygen atoms in total. The van der Waals surface area contributed by atoms with Crippen LogP contribution in [-0.4, -0.2) is 59.1 Å². The molecular formula is C26H29F2N7O3S. The van der Waals surface area contributed by atoms with Gasteiger partial charge in [-0.1, -0.05) is 6.07 Å². The van der Waals surface area contributed by atoms with Crippen LogP contribution >= 0.6 is 11.3 Å². The Bertz CT molecular complexity index is 1510. The number of fused-ring (bicyclic) bond motifs is 1.